The molecule has 0 aromatic rings. The highest BCUT2D eigenvalue weighted by molar-refractivity contribution is 5.68. The maximum atomic E-state index is 11.1. The van der Waals surface area contributed by atoms with Crippen LogP contribution in [0.15, 0.2) is 0 Å². The van der Waals surface area contributed by atoms with Crippen molar-refractivity contribution in [2.24, 2.45) is 0 Å². The van der Waals surface area contributed by atoms with Gasteiger partial charge in [-0.25, -0.2) is 0 Å². The van der Waals surface area contributed by atoms with Gasteiger partial charge in [0.15, 0.2) is 6.10 Å². The average molecular weight is 290 g/mol. The van der Waals surface area contributed by atoms with E-state index in [2.05, 4.69) is 0 Å². The van der Waals surface area contributed by atoms with Crippen LogP contribution in [-0.4, -0.2) is 53.7 Å². The smallest absolute Gasteiger partial charge is 0.305 e. The van der Waals surface area contributed by atoms with Crippen molar-refractivity contribution in [3.63, 3.8) is 0 Å². The van der Waals surface area contributed by atoms with E-state index in [1.165, 1.54) is 6.92 Å². The Morgan fingerprint density at radius 3 is 1.80 bits per heavy atom. The van der Waals surface area contributed by atoms with Crippen LogP contribution in [0.5, 0.6) is 0 Å². The van der Waals surface area contributed by atoms with Crippen LogP contribution in [0.1, 0.15) is 27.7 Å². The largest absolute Gasteiger partial charge is 0.455 e. The molecule has 5 atom stereocenters. The summed E-state index contributed by atoms with van der Waals surface area (Å²) in [5.74, 6) is -2.01. The van der Waals surface area contributed by atoms with E-state index in [1.54, 1.807) is 0 Å². The normalized spacial score (nSPS) is 33.1. The highest BCUT2D eigenvalue weighted by Crippen LogP contribution is 2.27. The zero-order chi connectivity index (χ0) is 15.4. The zero-order valence-electron chi connectivity index (χ0n) is 11.7. The van der Waals surface area contributed by atoms with E-state index in [0.717, 1.165) is 20.8 Å². The van der Waals surface area contributed by atoms with Crippen LogP contribution in [-0.2, 0) is 33.3 Å². The van der Waals surface area contributed by atoms with Gasteiger partial charge in [-0.1, -0.05) is 0 Å². The highest BCUT2D eigenvalue weighted by atomic mass is 16.7. The SMILES string of the molecule is CC(=O)OC1O[C@H](C)[C@@H](O)[C@H](OC(C)=O)[C@@H]1OC(C)=O. The predicted octanol–water partition coefficient (Wildman–Crippen LogP) is -0.481. The Kier molecular flexibility index (Phi) is 5.46. The fourth-order valence-electron chi connectivity index (χ4n) is 1.89. The molecule has 1 aliphatic heterocycles. The summed E-state index contributed by atoms with van der Waals surface area (Å²) >= 11 is 0. The summed E-state index contributed by atoms with van der Waals surface area (Å²) in [7, 11) is 0. The highest BCUT2D eigenvalue weighted by Gasteiger charge is 2.49. The first kappa shape index (κ1) is 16.4. The second-order valence-electron chi connectivity index (χ2n) is 4.46. The Balaban J connectivity index is 3.00. The van der Waals surface area contributed by atoms with E-state index in [9.17, 15) is 19.5 Å². The molecule has 0 bridgehead atoms. The van der Waals surface area contributed by atoms with Gasteiger partial charge in [-0.3, -0.25) is 14.4 Å². The van der Waals surface area contributed by atoms with Crippen molar-refractivity contribution < 1.29 is 38.4 Å². The molecule has 0 aliphatic carbocycles. The standard InChI is InChI=1S/C12H18O8/c1-5-9(16)10(18-6(2)13)11(19-7(3)14)12(17-5)20-8(4)15/h5,9-12,16H,1-4H3/t5-,9-,10+,11+,12?/m1/s1. The minimum Gasteiger partial charge on any atom is -0.455 e. The molecule has 1 unspecified atom stereocenters. The Hall–Kier alpha value is -1.67. The summed E-state index contributed by atoms with van der Waals surface area (Å²) in [6, 6.07) is 0. The molecular weight excluding hydrogens is 272 g/mol. The van der Waals surface area contributed by atoms with Crippen LogP contribution in [0.3, 0.4) is 0 Å². The lowest BCUT2D eigenvalue weighted by atomic mass is 9.99. The van der Waals surface area contributed by atoms with Gasteiger partial charge in [0.25, 0.3) is 0 Å². The van der Waals surface area contributed by atoms with Gasteiger partial charge in [0, 0.05) is 20.8 Å². The molecule has 0 aromatic heterocycles. The molecule has 0 aromatic carbocycles. The first-order valence-corrected chi connectivity index (χ1v) is 6.07. The van der Waals surface area contributed by atoms with E-state index in [-0.39, 0.29) is 0 Å². The van der Waals surface area contributed by atoms with Crippen molar-refractivity contribution in [2.45, 2.75) is 58.4 Å². The van der Waals surface area contributed by atoms with Gasteiger partial charge in [0.2, 0.25) is 12.4 Å². The Labute approximate surface area is 115 Å². The number of esters is 3. The summed E-state index contributed by atoms with van der Waals surface area (Å²) in [6.07, 6.45) is -5.64. The molecule has 0 amide bonds. The van der Waals surface area contributed by atoms with Crippen molar-refractivity contribution in [1.82, 2.24) is 0 Å². The minimum absolute atomic E-state index is 0.655. The lowest BCUT2D eigenvalue weighted by Gasteiger charge is -2.41. The van der Waals surface area contributed by atoms with E-state index >= 15 is 0 Å². The third-order valence-corrected chi connectivity index (χ3v) is 2.64. The topological polar surface area (TPSA) is 108 Å². The third-order valence-electron chi connectivity index (χ3n) is 2.64. The molecule has 0 saturated carbocycles. The molecule has 1 heterocycles. The molecule has 1 fully saturated rings. The Morgan fingerprint density at radius 2 is 1.35 bits per heavy atom. The van der Waals surface area contributed by atoms with Crippen LogP contribution in [0.4, 0.5) is 0 Å². The molecule has 1 aliphatic rings. The number of hydrogen-bond acceptors (Lipinski definition) is 8. The number of carbonyl (C=O) groups is 3. The van der Waals surface area contributed by atoms with Gasteiger partial charge in [-0.15, -0.1) is 0 Å². The fourth-order valence-corrected chi connectivity index (χ4v) is 1.89. The first-order chi connectivity index (χ1) is 9.22. The van der Waals surface area contributed by atoms with Crippen molar-refractivity contribution >= 4 is 17.9 Å². The summed E-state index contributed by atoms with van der Waals surface area (Å²) < 4.78 is 20.1. The van der Waals surface area contributed by atoms with Gasteiger partial charge < -0.3 is 24.1 Å². The number of carbonyl (C=O) groups excluding carboxylic acids is 3. The maximum absolute atomic E-state index is 11.1. The summed E-state index contributed by atoms with van der Waals surface area (Å²) in [5.41, 5.74) is 0. The van der Waals surface area contributed by atoms with Crippen molar-refractivity contribution in [2.75, 3.05) is 0 Å². The van der Waals surface area contributed by atoms with E-state index in [0.29, 0.717) is 0 Å². The molecule has 0 radical (unpaired) electrons. The average Bonchev–Trinajstić information content (AvgIpc) is 2.28. The number of aliphatic hydroxyl groups excluding tert-OH is 1. The monoisotopic (exact) mass is 290 g/mol. The fraction of sp³-hybridized carbons (Fsp3) is 0.750. The van der Waals surface area contributed by atoms with Crippen LogP contribution in [0, 0.1) is 0 Å². The minimum atomic E-state index is -1.25. The van der Waals surface area contributed by atoms with E-state index in [1.807, 2.05) is 0 Å². The van der Waals surface area contributed by atoms with Crippen molar-refractivity contribution in [1.29, 1.82) is 0 Å². The lowest BCUT2D eigenvalue weighted by Crippen LogP contribution is -2.60. The third kappa shape index (κ3) is 4.17. The van der Waals surface area contributed by atoms with Gasteiger partial charge in [0.05, 0.1) is 6.10 Å². The van der Waals surface area contributed by atoms with Gasteiger partial charge in [-0.2, -0.15) is 0 Å². The number of hydrogen-bond donors (Lipinski definition) is 1. The molecule has 8 heteroatoms. The molecular formula is C12H18O8. The van der Waals surface area contributed by atoms with E-state index < -0.39 is 48.6 Å². The molecule has 114 valence electrons. The zero-order valence-corrected chi connectivity index (χ0v) is 11.7. The number of rotatable bonds is 3. The molecule has 1 saturated heterocycles. The van der Waals surface area contributed by atoms with Crippen LogP contribution < -0.4 is 0 Å². The van der Waals surface area contributed by atoms with Crippen molar-refractivity contribution in [3.8, 4) is 0 Å². The summed E-state index contributed by atoms with van der Waals surface area (Å²) in [4.78, 5) is 33.3. The van der Waals surface area contributed by atoms with Gasteiger partial charge in [-0.05, 0) is 6.92 Å². The molecule has 1 N–H and O–H groups in total. The Bertz CT molecular complexity index is 393. The second kappa shape index (κ2) is 6.67. The molecule has 0 spiro atoms. The van der Waals surface area contributed by atoms with Gasteiger partial charge in [0.1, 0.15) is 6.10 Å². The Morgan fingerprint density at radius 1 is 0.900 bits per heavy atom. The molecule has 1 rings (SSSR count). The predicted molar refractivity (Wildman–Crippen MR) is 63.2 cm³/mol. The number of aliphatic hydroxyl groups is 1. The summed E-state index contributed by atoms with van der Waals surface area (Å²) in [6.45, 7) is 4.96. The summed E-state index contributed by atoms with van der Waals surface area (Å²) in [5, 5.41) is 9.99. The lowest BCUT2D eigenvalue weighted by molar-refractivity contribution is -0.290. The molecule has 8 nitrogen and oxygen atoms in total. The van der Waals surface area contributed by atoms with E-state index in [4.69, 9.17) is 18.9 Å². The van der Waals surface area contributed by atoms with Crippen LogP contribution in [0.2, 0.25) is 0 Å². The van der Waals surface area contributed by atoms with Crippen LogP contribution >= 0.6 is 0 Å². The maximum Gasteiger partial charge on any atom is 0.305 e. The van der Waals surface area contributed by atoms with Gasteiger partial charge >= 0.3 is 17.9 Å². The quantitative estimate of drug-likeness (QED) is 0.548. The second-order valence-corrected chi connectivity index (χ2v) is 4.46. The van der Waals surface area contributed by atoms with Crippen molar-refractivity contribution in [3.05, 3.63) is 0 Å². The number of ether oxygens (including phenoxy) is 4. The van der Waals surface area contributed by atoms with Crippen LogP contribution in [0.25, 0.3) is 0 Å². The first-order valence-electron chi connectivity index (χ1n) is 6.07. The molecule has 20 heavy (non-hydrogen) atoms.